The summed E-state index contributed by atoms with van der Waals surface area (Å²) in [6.45, 7) is 4.55. The second kappa shape index (κ2) is 7.11. The molecule has 2 rings (SSSR count). The SMILES string of the molecule is CCCCNc1nc(C)cc(Nc2ccc(F)c(F)c2F)n1. The number of aromatic nitrogens is 2. The molecule has 0 aliphatic heterocycles. The summed E-state index contributed by atoms with van der Waals surface area (Å²) >= 11 is 0. The summed E-state index contributed by atoms with van der Waals surface area (Å²) < 4.78 is 39.8. The van der Waals surface area contributed by atoms with Crippen molar-refractivity contribution in [1.82, 2.24) is 9.97 Å². The van der Waals surface area contributed by atoms with Crippen molar-refractivity contribution in [2.45, 2.75) is 26.7 Å². The largest absolute Gasteiger partial charge is 0.354 e. The van der Waals surface area contributed by atoms with E-state index in [-0.39, 0.29) is 5.69 Å². The highest BCUT2D eigenvalue weighted by atomic mass is 19.2. The van der Waals surface area contributed by atoms with E-state index >= 15 is 0 Å². The summed E-state index contributed by atoms with van der Waals surface area (Å²) in [5, 5.41) is 5.70. The Labute approximate surface area is 126 Å². The van der Waals surface area contributed by atoms with E-state index in [4.69, 9.17) is 0 Å². The van der Waals surface area contributed by atoms with Gasteiger partial charge >= 0.3 is 0 Å². The van der Waals surface area contributed by atoms with Crippen molar-refractivity contribution >= 4 is 17.5 Å². The first-order chi connectivity index (χ1) is 10.5. The number of hydrogen-bond donors (Lipinski definition) is 2. The average molecular weight is 310 g/mol. The number of rotatable bonds is 6. The van der Waals surface area contributed by atoms with Gasteiger partial charge in [-0.3, -0.25) is 0 Å². The molecule has 0 spiro atoms. The number of unbranched alkanes of at least 4 members (excludes halogenated alkanes) is 1. The summed E-state index contributed by atoms with van der Waals surface area (Å²) in [5.41, 5.74) is 0.482. The summed E-state index contributed by atoms with van der Waals surface area (Å²) in [7, 11) is 0. The zero-order valence-electron chi connectivity index (χ0n) is 12.4. The molecule has 1 aromatic carbocycles. The van der Waals surface area contributed by atoms with Gasteiger partial charge in [0.15, 0.2) is 17.5 Å². The Morgan fingerprint density at radius 2 is 1.86 bits per heavy atom. The molecule has 7 heteroatoms. The summed E-state index contributed by atoms with van der Waals surface area (Å²) in [6.07, 6.45) is 2.00. The minimum absolute atomic E-state index is 0.184. The van der Waals surface area contributed by atoms with Crippen molar-refractivity contribution in [1.29, 1.82) is 0 Å². The van der Waals surface area contributed by atoms with Crippen LogP contribution < -0.4 is 10.6 Å². The van der Waals surface area contributed by atoms with Crippen LogP contribution >= 0.6 is 0 Å². The summed E-state index contributed by atoms with van der Waals surface area (Å²) in [5.74, 6) is -3.33. The molecule has 0 bridgehead atoms. The minimum atomic E-state index is -1.52. The molecule has 4 nitrogen and oxygen atoms in total. The molecule has 0 unspecified atom stereocenters. The quantitative estimate of drug-likeness (QED) is 0.621. The van der Waals surface area contributed by atoms with Crippen LogP contribution in [-0.4, -0.2) is 16.5 Å². The van der Waals surface area contributed by atoms with Gasteiger partial charge < -0.3 is 10.6 Å². The molecule has 0 amide bonds. The monoisotopic (exact) mass is 310 g/mol. The van der Waals surface area contributed by atoms with E-state index in [1.165, 1.54) is 0 Å². The Morgan fingerprint density at radius 3 is 2.59 bits per heavy atom. The van der Waals surface area contributed by atoms with Crippen molar-refractivity contribution in [3.8, 4) is 0 Å². The lowest BCUT2D eigenvalue weighted by atomic mass is 10.2. The third-order valence-electron chi connectivity index (χ3n) is 2.97. The molecule has 0 saturated heterocycles. The lowest BCUT2D eigenvalue weighted by Gasteiger charge is -2.10. The molecule has 0 radical (unpaired) electrons. The van der Waals surface area contributed by atoms with Crippen LogP contribution in [0.4, 0.5) is 30.6 Å². The molecule has 0 atom stereocenters. The molecule has 0 fully saturated rings. The van der Waals surface area contributed by atoms with Crippen molar-refractivity contribution in [2.24, 2.45) is 0 Å². The predicted molar refractivity (Wildman–Crippen MR) is 79.8 cm³/mol. The molecule has 0 aliphatic carbocycles. The molecule has 118 valence electrons. The highest BCUT2D eigenvalue weighted by Crippen LogP contribution is 2.23. The van der Waals surface area contributed by atoms with E-state index in [9.17, 15) is 13.2 Å². The van der Waals surface area contributed by atoms with E-state index < -0.39 is 17.5 Å². The zero-order valence-corrected chi connectivity index (χ0v) is 12.4. The maximum atomic E-state index is 13.7. The van der Waals surface area contributed by atoms with E-state index in [0.717, 1.165) is 31.5 Å². The third-order valence-corrected chi connectivity index (χ3v) is 2.97. The second-order valence-corrected chi connectivity index (χ2v) is 4.85. The van der Waals surface area contributed by atoms with E-state index in [0.29, 0.717) is 17.5 Å². The number of aryl methyl sites for hydroxylation is 1. The molecule has 0 saturated carbocycles. The zero-order chi connectivity index (χ0) is 16.1. The molecule has 0 aliphatic rings. The maximum Gasteiger partial charge on any atom is 0.224 e. The lowest BCUT2D eigenvalue weighted by molar-refractivity contribution is 0.449. The van der Waals surface area contributed by atoms with Crippen LogP contribution in [0.2, 0.25) is 0 Å². The van der Waals surface area contributed by atoms with Crippen molar-refractivity contribution in [3.05, 3.63) is 41.3 Å². The van der Waals surface area contributed by atoms with E-state index in [1.807, 2.05) is 0 Å². The normalized spacial score (nSPS) is 10.6. The molecule has 2 N–H and O–H groups in total. The standard InChI is InChI=1S/C15H17F3N4/c1-3-4-7-19-15-20-9(2)8-12(22-15)21-11-6-5-10(16)13(17)14(11)18/h5-6,8H,3-4,7H2,1-2H3,(H2,19,20,21,22). The third kappa shape index (κ3) is 3.87. The van der Waals surface area contributed by atoms with E-state index in [1.54, 1.807) is 13.0 Å². The first-order valence-electron chi connectivity index (χ1n) is 7.01. The summed E-state index contributed by atoms with van der Waals surface area (Å²) in [4.78, 5) is 8.39. The van der Waals surface area contributed by atoms with Gasteiger partial charge in [-0.25, -0.2) is 18.2 Å². The smallest absolute Gasteiger partial charge is 0.224 e. The number of nitrogens with one attached hydrogen (secondary N) is 2. The van der Waals surface area contributed by atoms with Gasteiger partial charge in [0, 0.05) is 18.3 Å². The highest BCUT2D eigenvalue weighted by Gasteiger charge is 2.14. The minimum Gasteiger partial charge on any atom is -0.354 e. The van der Waals surface area contributed by atoms with Gasteiger partial charge in [0.25, 0.3) is 0 Å². The molecular weight excluding hydrogens is 293 g/mol. The van der Waals surface area contributed by atoms with Crippen LogP contribution in [0.15, 0.2) is 18.2 Å². The van der Waals surface area contributed by atoms with Crippen LogP contribution in [0.25, 0.3) is 0 Å². The van der Waals surface area contributed by atoms with Gasteiger partial charge in [0.2, 0.25) is 5.95 Å². The number of nitrogens with zero attached hydrogens (tertiary/aromatic N) is 2. The highest BCUT2D eigenvalue weighted by molar-refractivity contribution is 5.58. The van der Waals surface area contributed by atoms with E-state index in [2.05, 4.69) is 27.5 Å². The maximum absolute atomic E-state index is 13.7. The number of anilines is 3. The van der Waals surface area contributed by atoms with Gasteiger partial charge in [-0.15, -0.1) is 0 Å². The molecule has 1 heterocycles. The Morgan fingerprint density at radius 1 is 1.09 bits per heavy atom. The Balaban J connectivity index is 2.21. The fourth-order valence-corrected chi connectivity index (χ4v) is 1.85. The van der Waals surface area contributed by atoms with Crippen LogP contribution in [0.1, 0.15) is 25.5 Å². The fourth-order valence-electron chi connectivity index (χ4n) is 1.85. The van der Waals surface area contributed by atoms with Gasteiger partial charge in [-0.05, 0) is 25.5 Å². The Bertz CT molecular complexity index is 661. The fraction of sp³-hybridized carbons (Fsp3) is 0.333. The first kappa shape index (κ1) is 16.1. The van der Waals surface area contributed by atoms with Gasteiger partial charge in [-0.1, -0.05) is 13.3 Å². The molecule has 22 heavy (non-hydrogen) atoms. The van der Waals surface area contributed by atoms with Crippen molar-refractivity contribution < 1.29 is 13.2 Å². The average Bonchev–Trinajstić information content (AvgIpc) is 2.48. The van der Waals surface area contributed by atoms with Crippen molar-refractivity contribution in [3.63, 3.8) is 0 Å². The van der Waals surface area contributed by atoms with Crippen LogP contribution in [0.5, 0.6) is 0 Å². The number of halogens is 3. The van der Waals surface area contributed by atoms with Crippen LogP contribution in [-0.2, 0) is 0 Å². The molecule has 1 aromatic heterocycles. The molecule has 2 aromatic rings. The lowest BCUT2D eigenvalue weighted by Crippen LogP contribution is -2.08. The van der Waals surface area contributed by atoms with Crippen LogP contribution in [0, 0.1) is 24.4 Å². The Kier molecular flexibility index (Phi) is 5.19. The Hall–Kier alpha value is -2.31. The first-order valence-corrected chi connectivity index (χ1v) is 7.01. The topological polar surface area (TPSA) is 49.8 Å². The number of benzene rings is 1. The van der Waals surface area contributed by atoms with Gasteiger partial charge in [0.1, 0.15) is 5.82 Å². The second-order valence-electron chi connectivity index (χ2n) is 4.85. The number of hydrogen-bond acceptors (Lipinski definition) is 4. The molecular formula is C15H17F3N4. The van der Waals surface area contributed by atoms with Gasteiger partial charge in [-0.2, -0.15) is 4.98 Å². The van der Waals surface area contributed by atoms with Gasteiger partial charge in [0.05, 0.1) is 5.69 Å². The van der Waals surface area contributed by atoms with Crippen LogP contribution in [0.3, 0.4) is 0 Å². The van der Waals surface area contributed by atoms with Crippen molar-refractivity contribution in [2.75, 3.05) is 17.2 Å². The summed E-state index contributed by atoms with van der Waals surface area (Å²) in [6, 6.07) is 3.57. The predicted octanol–water partition coefficient (Wildman–Crippen LogP) is 4.16.